The van der Waals surface area contributed by atoms with E-state index >= 15 is 0 Å². The standard InChI is InChI=1S/C17H29N3/c1-5-13-6-7-14(11-20-17(2,3)4)16(8-13)15-9-18-12-19-10-15/h9-10,12-14,16,20H,5-8,11H2,1-4H3. The largest absolute Gasteiger partial charge is 0.312 e. The molecule has 2 rings (SSSR count). The summed E-state index contributed by atoms with van der Waals surface area (Å²) in [5.74, 6) is 2.19. The zero-order valence-electron chi connectivity index (χ0n) is 13.4. The number of nitrogens with zero attached hydrogens (tertiary/aromatic N) is 2. The van der Waals surface area contributed by atoms with Crippen molar-refractivity contribution in [3.05, 3.63) is 24.3 Å². The molecule has 0 amide bonds. The highest BCUT2D eigenvalue weighted by atomic mass is 14.9. The Hall–Kier alpha value is -0.960. The fourth-order valence-corrected chi connectivity index (χ4v) is 3.28. The lowest BCUT2D eigenvalue weighted by Gasteiger charge is -2.37. The predicted molar refractivity (Wildman–Crippen MR) is 83.7 cm³/mol. The van der Waals surface area contributed by atoms with E-state index in [0.717, 1.165) is 12.5 Å². The zero-order valence-corrected chi connectivity index (χ0v) is 13.4. The average molecular weight is 275 g/mol. The second kappa shape index (κ2) is 6.66. The van der Waals surface area contributed by atoms with Crippen LogP contribution in [-0.4, -0.2) is 22.1 Å². The monoisotopic (exact) mass is 275 g/mol. The molecule has 1 heterocycles. The zero-order chi connectivity index (χ0) is 14.6. The molecule has 1 N–H and O–H groups in total. The molecule has 0 saturated heterocycles. The van der Waals surface area contributed by atoms with Gasteiger partial charge in [-0.1, -0.05) is 19.8 Å². The lowest BCUT2D eigenvalue weighted by molar-refractivity contribution is 0.213. The Labute approximate surface area is 123 Å². The first-order chi connectivity index (χ1) is 9.49. The Morgan fingerprint density at radius 3 is 2.50 bits per heavy atom. The second-order valence-electron chi connectivity index (χ2n) is 7.26. The van der Waals surface area contributed by atoms with Gasteiger partial charge in [0.1, 0.15) is 6.33 Å². The summed E-state index contributed by atoms with van der Waals surface area (Å²) in [4.78, 5) is 8.45. The number of aromatic nitrogens is 2. The summed E-state index contributed by atoms with van der Waals surface area (Å²) in [7, 11) is 0. The second-order valence-corrected chi connectivity index (χ2v) is 7.26. The van der Waals surface area contributed by atoms with Gasteiger partial charge in [0.25, 0.3) is 0 Å². The van der Waals surface area contributed by atoms with Crippen LogP contribution >= 0.6 is 0 Å². The van der Waals surface area contributed by atoms with Crippen LogP contribution < -0.4 is 5.32 Å². The summed E-state index contributed by atoms with van der Waals surface area (Å²) >= 11 is 0. The fourth-order valence-electron chi connectivity index (χ4n) is 3.28. The van der Waals surface area contributed by atoms with Gasteiger partial charge in [-0.3, -0.25) is 0 Å². The molecule has 0 bridgehead atoms. The van der Waals surface area contributed by atoms with Gasteiger partial charge in [0.05, 0.1) is 0 Å². The number of rotatable bonds is 4. The Balaban J connectivity index is 2.08. The highest BCUT2D eigenvalue weighted by molar-refractivity contribution is 5.13. The van der Waals surface area contributed by atoms with Gasteiger partial charge in [0.2, 0.25) is 0 Å². The minimum absolute atomic E-state index is 0.194. The minimum atomic E-state index is 0.194. The van der Waals surface area contributed by atoms with Crippen LogP contribution in [0.2, 0.25) is 0 Å². The first-order valence-electron chi connectivity index (χ1n) is 7.99. The van der Waals surface area contributed by atoms with Crippen LogP contribution in [0, 0.1) is 11.8 Å². The van der Waals surface area contributed by atoms with Gasteiger partial charge in [-0.25, -0.2) is 9.97 Å². The molecule has 0 aromatic carbocycles. The van der Waals surface area contributed by atoms with Crippen LogP contribution in [-0.2, 0) is 0 Å². The Morgan fingerprint density at radius 2 is 1.90 bits per heavy atom. The summed E-state index contributed by atoms with van der Waals surface area (Å²) in [5.41, 5.74) is 1.52. The van der Waals surface area contributed by atoms with E-state index in [0.29, 0.717) is 11.8 Å². The molecule has 1 fully saturated rings. The highest BCUT2D eigenvalue weighted by Gasteiger charge is 2.31. The third kappa shape index (κ3) is 4.27. The quantitative estimate of drug-likeness (QED) is 0.909. The van der Waals surface area contributed by atoms with Crippen LogP contribution in [0.5, 0.6) is 0 Å². The van der Waals surface area contributed by atoms with Crippen LogP contribution in [0.25, 0.3) is 0 Å². The summed E-state index contributed by atoms with van der Waals surface area (Å²) in [6.07, 6.45) is 10.9. The maximum Gasteiger partial charge on any atom is 0.115 e. The number of hydrogen-bond donors (Lipinski definition) is 1. The van der Waals surface area contributed by atoms with E-state index in [4.69, 9.17) is 0 Å². The molecule has 3 nitrogen and oxygen atoms in total. The van der Waals surface area contributed by atoms with Crippen molar-refractivity contribution in [2.45, 2.75) is 64.8 Å². The Morgan fingerprint density at radius 1 is 1.20 bits per heavy atom. The molecule has 1 saturated carbocycles. The lowest BCUT2D eigenvalue weighted by Crippen LogP contribution is -2.41. The molecule has 1 aromatic heterocycles. The van der Waals surface area contributed by atoms with E-state index in [1.807, 2.05) is 12.4 Å². The van der Waals surface area contributed by atoms with Gasteiger partial charge in [-0.05, 0) is 63.5 Å². The van der Waals surface area contributed by atoms with Crippen LogP contribution in [0.4, 0.5) is 0 Å². The van der Waals surface area contributed by atoms with Crippen LogP contribution in [0.3, 0.4) is 0 Å². The molecule has 1 aliphatic carbocycles. The molecule has 20 heavy (non-hydrogen) atoms. The van der Waals surface area contributed by atoms with E-state index in [1.165, 1.54) is 31.2 Å². The minimum Gasteiger partial charge on any atom is -0.312 e. The summed E-state index contributed by atoms with van der Waals surface area (Å²) in [6, 6.07) is 0. The van der Waals surface area contributed by atoms with Crippen molar-refractivity contribution in [3.8, 4) is 0 Å². The third-order valence-corrected chi connectivity index (χ3v) is 4.58. The lowest BCUT2D eigenvalue weighted by atomic mass is 9.71. The first kappa shape index (κ1) is 15.4. The Bertz CT molecular complexity index is 396. The topological polar surface area (TPSA) is 37.8 Å². The molecule has 3 heteroatoms. The van der Waals surface area contributed by atoms with E-state index in [1.54, 1.807) is 6.33 Å². The van der Waals surface area contributed by atoms with Crippen molar-refractivity contribution in [3.63, 3.8) is 0 Å². The highest BCUT2D eigenvalue weighted by Crippen LogP contribution is 2.41. The van der Waals surface area contributed by atoms with Gasteiger partial charge in [-0.2, -0.15) is 0 Å². The molecule has 3 atom stereocenters. The van der Waals surface area contributed by atoms with Crippen molar-refractivity contribution in [2.24, 2.45) is 11.8 Å². The van der Waals surface area contributed by atoms with Crippen LogP contribution in [0.1, 0.15) is 64.9 Å². The summed E-state index contributed by atoms with van der Waals surface area (Å²) < 4.78 is 0. The molecular weight excluding hydrogens is 246 g/mol. The number of hydrogen-bond acceptors (Lipinski definition) is 3. The molecule has 112 valence electrons. The maximum atomic E-state index is 4.22. The molecule has 1 aliphatic rings. The predicted octanol–water partition coefficient (Wildman–Crippen LogP) is 3.77. The third-order valence-electron chi connectivity index (χ3n) is 4.58. The maximum absolute atomic E-state index is 4.22. The average Bonchev–Trinajstić information content (AvgIpc) is 2.45. The molecule has 0 aliphatic heterocycles. The SMILES string of the molecule is CCC1CCC(CNC(C)(C)C)C(c2cncnc2)C1. The summed E-state index contributed by atoms with van der Waals surface area (Å²) in [6.45, 7) is 10.1. The van der Waals surface area contributed by atoms with Crippen molar-refractivity contribution >= 4 is 0 Å². The molecule has 0 radical (unpaired) electrons. The van der Waals surface area contributed by atoms with Crippen molar-refractivity contribution in [2.75, 3.05) is 6.54 Å². The molecule has 1 aromatic rings. The van der Waals surface area contributed by atoms with E-state index in [-0.39, 0.29) is 5.54 Å². The van der Waals surface area contributed by atoms with Gasteiger partial charge >= 0.3 is 0 Å². The van der Waals surface area contributed by atoms with Crippen molar-refractivity contribution in [1.29, 1.82) is 0 Å². The van der Waals surface area contributed by atoms with Crippen molar-refractivity contribution in [1.82, 2.24) is 15.3 Å². The fraction of sp³-hybridized carbons (Fsp3) is 0.765. The van der Waals surface area contributed by atoms with E-state index < -0.39 is 0 Å². The molecule has 0 spiro atoms. The smallest absolute Gasteiger partial charge is 0.115 e. The normalized spacial score (nSPS) is 27.5. The van der Waals surface area contributed by atoms with E-state index in [2.05, 4.69) is 43.0 Å². The summed E-state index contributed by atoms with van der Waals surface area (Å²) in [5, 5.41) is 3.68. The molecular formula is C17H29N3. The van der Waals surface area contributed by atoms with Gasteiger partial charge in [0, 0.05) is 17.9 Å². The first-order valence-corrected chi connectivity index (χ1v) is 7.99. The van der Waals surface area contributed by atoms with Crippen LogP contribution in [0.15, 0.2) is 18.7 Å². The van der Waals surface area contributed by atoms with Gasteiger partial charge < -0.3 is 5.32 Å². The van der Waals surface area contributed by atoms with Gasteiger partial charge in [0.15, 0.2) is 0 Å². The Kier molecular flexibility index (Phi) is 5.14. The van der Waals surface area contributed by atoms with Gasteiger partial charge in [-0.15, -0.1) is 0 Å². The van der Waals surface area contributed by atoms with E-state index in [9.17, 15) is 0 Å². The molecule has 3 unspecified atom stereocenters. The number of nitrogens with one attached hydrogen (secondary N) is 1. The van der Waals surface area contributed by atoms with Crippen molar-refractivity contribution < 1.29 is 0 Å².